The Kier molecular flexibility index (Phi) is 7.52. The Morgan fingerprint density at radius 1 is 0.943 bits per heavy atom. The number of Topliss-reactive ketones (excluding diaryl/α,β-unsaturated/α-hetero) is 1. The van der Waals surface area contributed by atoms with E-state index in [0.717, 1.165) is 11.1 Å². The normalized spacial score (nSPS) is 14.9. The standard InChI is InChI=1S/C25H23BrN4O5/c26-20-8-11-22(31)29(17-20)23(24(32)19-6-9-21(10-7-19)30(34)35)25(33)28-14-12-27(13-15-28)16-18-4-2-1-3-5-18/h1-11,17,23H,12-16H2. The lowest BCUT2D eigenvalue weighted by Crippen LogP contribution is -2.52. The van der Waals surface area contributed by atoms with Gasteiger partial charge in [-0.1, -0.05) is 30.3 Å². The van der Waals surface area contributed by atoms with Crippen molar-refractivity contribution in [2.24, 2.45) is 0 Å². The molecule has 35 heavy (non-hydrogen) atoms. The maximum atomic E-state index is 13.6. The number of amides is 1. The van der Waals surface area contributed by atoms with Crippen molar-refractivity contribution in [3.63, 3.8) is 0 Å². The van der Waals surface area contributed by atoms with Crippen LogP contribution in [0.25, 0.3) is 0 Å². The zero-order chi connectivity index (χ0) is 24.9. The van der Waals surface area contributed by atoms with Crippen molar-refractivity contribution in [3.05, 3.63) is 109 Å². The van der Waals surface area contributed by atoms with Crippen LogP contribution in [0.5, 0.6) is 0 Å². The third-order valence-electron chi connectivity index (χ3n) is 5.96. The number of ketones is 1. The van der Waals surface area contributed by atoms with E-state index < -0.39 is 28.2 Å². The van der Waals surface area contributed by atoms with Gasteiger partial charge in [-0.3, -0.25) is 34.0 Å². The average Bonchev–Trinajstić information content (AvgIpc) is 2.87. The van der Waals surface area contributed by atoms with E-state index in [9.17, 15) is 24.5 Å². The van der Waals surface area contributed by atoms with Crippen LogP contribution in [0.2, 0.25) is 0 Å². The van der Waals surface area contributed by atoms with Crippen LogP contribution >= 0.6 is 15.9 Å². The molecular formula is C25H23BrN4O5. The number of nitro groups is 1. The molecule has 2 aromatic carbocycles. The summed E-state index contributed by atoms with van der Waals surface area (Å²) < 4.78 is 1.66. The van der Waals surface area contributed by atoms with Gasteiger partial charge in [-0.2, -0.15) is 0 Å². The number of carbonyl (C=O) groups excluding carboxylic acids is 2. The molecule has 1 aromatic heterocycles. The number of non-ortho nitro benzene ring substituents is 1. The number of hydrogen-bond donors (Lipinski definition) is 0. The fraction of sp³-hybridized carbons (Fsp3) is 0.240. The molecule has 1 aliphatic rings. The van der Waals surface area contributed by atoms with E-state index in [-0.39, 0.29) is 11.3 Å². The molecule has 0 bridgehead atoms. The summed E-state index contributed by atoms with van der Waals surface area (Å²) >= 11 is 3.30. The summed E-state index contributed by atoms with van der Waals surface area (Å²) in [4.78, 5) is 54.0. The van der Waals surface area contributed by atoms with Crippen LogP contribution < -0.4 is 5.56 Å². The number of benzene rings is 2. The number of aromatic nitrogens is 1. The Hall–Kier alpha value is -3.63. The van der Waals surface area contributed by atoms with Gasteiger partial charge in [0.05, 0.1) is 4.92 Å². The third kappa shape index (κ3) is 5.72. The van der Waals surface area contributed by atoms with Gasteiger partial charge in [-0.05, 0) is 39.7 Å². The maximum Gasteiger partial charge on any atom is 0.269 e. The van der Waals surface area contributed by atoms with E-state index in [1.54, 1.807) is 11.0 Å². The number of hydrogen-bond acceptors (Lipinski definition) is 6. The number of halogens is 1. The first kappa shape index (κ1) is 24.5. The number of nitrogens with zero attached hydrogens (tertiary/aromatic N) is 4. The van der Waals surface area contributed by atoms with Gasteiger partial charge in [0.15, 0.2) is 11.8 Å². The minimum absolute atomic E-state index is 0.114. The van der Waals surface area contributed by atoms with Crippen molar-refractivity contribution in [2.75, 3.05) is 26.2 Å². The second-order valence-corrected chi connectivity index (χ2v) is 9.17. The largest absolute Gasteiger partial charge is 0.338 e. The molecule has 180 valence electrons. The van der Waals surface area contributed by atoms with E-state index in [2.05, 4.69) is 33.0 Å². The second-order valence-electron chi connectivity index (χ2n) is 8.25. The molecule has 0 saturated carbocycles. The van der Waals surface area contributed by atoms with Gasteiger partial charge in [0.1, 0.15) is 0 Å². The number of carbonyl (C=O) groups is 2. The van der Waals surface area contributed by atoms with Crippen LogP contribution in [0.4, 0.5) is 5.69 Å². The van der Waals surface area contributed by atoms with Crippen molar-refractivity contribution in [2.45, 2.75) is 12.6 Å². The highest BCUT2D eigenvalue weighted by Crippen LogP contribution is 2.22. The molecule has 9 nitrogen and oxygen atoms in total. The van der Waals surface area contributed by atoms with Gasteiger partial charge >= 0.3 is 0 Å². The lowest BCUT2D eigenvalue weighted by atomic mass is 10.0. The number of nitro benzene ring substituents is 1. The first-order valence-corrected chi connectivity index (χ1v) is 11.8. The molecule has 10 heteroatoms. The number of piperazine rings is 1. The average molecular weight is 539 g/mol. The van der Waals surface area contributed by atoms with Crippen molar-refractivity contribution in [3.8, 4) is 0 Å². The fourth-order valence-electron chi connectivity index (χ4n) is 4.08. The minimum atomic E-state index is -1.41. The van der Waals surface area contributed by atoms with E-state index in [4.69, 9.17) is 0 Å². The van der Waals surface area contributed by atoms with Crippen molar-refractivity contribution < 1.29 is 14.5 Å². The van der Waals surface area contributed by atoms with Gasteiger partial charge in [0.25, 0.3) is 17.2 Å². The molecule has 1 unspecified atom stereocenters. The Bertz CT molecular complexity index is 1290. The predicted octanol–water partition coefficient (Wildman–Crippen LogP) is 3.29. The van der Waals surface area contributed by atoms with Crippen LogP contribution in [0.1, 0.15) is 22.0 Å². The summed E-state index contributed by atoms with van der Waals surface area (Å²) in [6.45, 7) is 2.86. The molecule has 0 spiro atoms. The molecule has 1 amide bonds. The fourth-order valence-corrected chi connectivity index (χ4v) is 4.43. The minimum Gasteiger partial charge on any atom is -0.338 e. The highest BCUT2D eigenvalue weighted by Gasteiger charge is 2.35. The van der Waals surface area contributed by atoms with Gasteiger partial charge in [-0.25, -0.2) is 0 Å². The van der Waals surface area contributed by atoms with Crippen LogP contribution in [-0.2, 0) is 11.3 Å². The molecule has 4 rings (SSSR count). The van der Waals surface area contributed by atoms with Crippen molar-refractivity contribution in [1.82, 2.24) is 14.4 Å². The van der Waals surface area contributed by atoms with Crippen LogP contribution in [0, 0.1) is 10.1 Å². The number of pyridine rings is 1. The smallest absolute Gasteiger partial charge is 0.269 e. The molecule has 2 heterocycles. The van der Waals surface area contributed by atoms with E-state index >= 15 is 0 Å². The summed E-state index contributed by atoms with van der Waals surface area (Å²) in [5, 5.41) is 11.0. The lowest BCUT2D eigenvalue weighted by Gasteiger charge is -2.36. The first-order chi connectivity index (χ1) is 16.8. The van der Waals surface area contributed by atoms with Gasteiger partial charge < -0.3 is 4.90 Å². The molecule has 1 fully saturated rings. The van der Waals surface area contributed by atoms with Crippen LogP contribution in [0.15, 0.2) is 82.2 Å². The third-order valence-corrected chi connectivity index (χ3v) is 6.43. The lowest BCUT2D eigenvalue weighted by molar-refractivity contribution is -0.384. The van der Waals surface area contributed by atoms with Crippen LogP contribution in [0.3, 0.4) is 0 Å². The molecule has 0 aliphatic carbocycles. The highest BCUT2D eigenvalue weighted by molar-refractivity contribution is 9.10. The Morgan fingerprint density at radius 3 is 2.23 bits per heavy atom. The quantitative estimate of drug-likeness (QED) is 0.198. The Labute approximate surface area is 209 Å². The molecule has 0 radical (unpaired) electrons. The summed E-state index contributed by atoms with van der Waals surface area (Å²) in [6.07, 6.45) is 1.42. The summed E-state index contributed by atoms with van der Waals surface area (Å²) in [5.74, 6) is -1.08. The Balaban J connectivity index is 1.57. The van der Waals surface area contributed by atoms with Crippen molar-refractivity contribution >= 4 is 33.3 Å². The van der Waals surface area contributed by atoms with Crippen LogP contribution in [-0.4, -0.2) is 57.2 Å². The van der Waals surface area contributed by atoms with Gasteiger partial charge in [0, 0.05) is 67.2 Å². The zero-order valence-corrected chi connectivity index (χ0v) is 20.3. The monoisotopic (exact) mass is 538 g/mol. The summed E-state index contributed by atoms with van der Waals surface area (Å²) in [7, 11) is 0. The molecule has 1 aliphatic heterocycles. The molecule has 1 saturated heterocycles. The van der Waals surface area contributed by atoms with E-state index in [0.29, 0.717) is 30.7 Å². The molecule has 0 N–H and O–H groups in total. The molecular weight excluding hydrogens is 516 g/mol. The van der Waals surface area contributed by atoms with Gasteiger partial charge in [0.2, 0.25) is 0 Å². The topological polar surface area (TPSA) is 106 Å². The number of rotatable bonds is 7. The summed E-state index contributed by atoms with van der Waals surface area (Å²) in [6, 6.07) is 16.5. The SMILES string of the molecule is O=C(c1ccc([N+](=O)[O-])cc1)C(C(=O)N1CCN(Cc2ccccc2)CC1)n1cc(Br)ccc1=O. The highest BCUT2D eigenvalue weighted by atomic mass is 79.9. The maximum absolute atomic E-state index is 13.6. The first-order valence-electron chi connectivity index (χ1n) is 11.0. The zero-order valence-electron chi connectivity index (χ0n) is 18.7. The Morgan fingerprint density at radius 2 is 1.60 bits per heavy atom. The van der Waals surface area contributed by atoms with Crippen molar-refractivity contribution in [1.29, 1.82) is 0 Å². The van der Waals surface area contributed by atoms with Gasteiger partial charge in [-0.15, -0.1) is 0 Å². The summed E-state index contributed by atoms with van der Waals surface area (Å²) in [5.41, 5.74) is 0.630. The predicted molar refractivity (Wildman–Crippen MR) is 133 cm³/mol. The molecule has 1 atom stereocenters. The van der Waals surface area contributed by atoms with E-state index in [1.165, 1.54) is 42.1 Å². The van der Waals surface area contributed by atoms with E-state index in [1.807, 2.05) is 18.2 Å². The molecule has 3 aromatic rings. The second kappa shape index (κ2) is 10.7.